The number of methoxy groups -OCH3 is 1. The van der Waals surface area contributed by atoms with Gasteiger partial charge in [-0.1, -0.05) is 27.7 Å². The molecule has 1 aromatic heterocycles. The summed E-state index contributed by atoms with van der Waals surface area (Å²) < 4.78 is 6.70. The highest BCUT2D eigenvalue weighted by molar-refractivity contribution is 5.78. The van der Waals surface area contributed by atoms with Crippen molar-refractivity contribution in [3.8, 4) is 0 Å². The maximum Gasteiger partial charge on any atom is 0.327 e. The predicted octanol–water partition coefficient (Wildman–Crippen LogP) is 2.32. The molecule has 0 saturated heterocycles. The summed E-state index contributed by atoms with van der Waals surface area (Å²) in [5, 5.41) is 7.85. The molecule has 2 unspecified atom stereocenters. The van der Waals surface area contributed by atoms with Gasteiger partial charge in [-0.15, -0.1) is 0 Å². The molecule has 1 rings (SSSR count). The third-order valence-corrected chi connectivity index (χ3v) is 3.38. The van der Waals surface area contributed by atoms with Crippen molar-refractivity contribution in [2.45, 2.75) is 58.5 Å². The first-order valence-electron chi connectivity index (χ1n) is 7.08. The standard InChI is InChI=1S/C15H27N3O2/c1-8-10(2)16-12(14(19)20-7)11-9-18(6)17-13(11)15(3,4)5/h9-10,12,16H,8H2,1-7H3. The number of rotatable bonds is 5. The van der Waals surface area contributed by atoms with Crippen LogP contribution < -0.4 is 5.32 Å². The maximum atomic E-state index is 12.1. The molecule has 0 amide bonds. The molecule has 0 aromatic carbocycles. The van der Waals surface area contributed by atoms with Gasteiger partial charge in [-0.25, -0.2) is 4.79 Å². The Labute approximate surface area is 121 Å². The lowest BCUT2D eigenvalue weighted by molar-refractivity contribution is -0.143. The summed E-state index contributed by atoms with van der Waals surface area (Å²) >= 11 is 0. The maximum absolute atomic E-state index is 12.1. The van der Waals surface area contributed by atoms with E-state index in [1.54, 1.807) is 4.68 Å². The SMILES string of the molecule is CCC(C)NC(C(=O)OC)c1cn(C)nc1C(C)(C)C. The second-order valence-electron chi connectivity index (χ2n) is 6.29. The summed E-state index contributed by atoms with van der Waals surface area (Å²) in [6.45, 7) is 10.4. The summed E-state index contributed by atoms with van der Waals surface area (Å²) in [6.07, 6.45) is 2.84. The van der Waals surface area contributed by atoms with E-state index in [1.165, 1.54) is 7.11 Å². The van der Waals surface area contributed by atoms with Crippen molar-refractivity contribution in [1.82, 2.24) is 15.1 Å². The quantitative estimate of drug-likeness (QED) is 0.842. The van der Waals surface area contributed by atoms with Crippen LogP contribution in [-0.2, 0) is 22.0 Å². The van der Waals surface area contributed by atoms with Gasteiger partial charge in [0.25, 0.3) is 0 Å². The number of carbonyl (C=O) groups excluding carboxylic acids is 1. The molecule has 0 bridgehead atoms. The lowest BCUT2D eigenvalue weighted by Gasteiger charge is -2.24. The highest BCUT2D eigenvalue weighted by atomic mass is 16.5. The number of carbonyl (C=O) groups is 1. The van der Waals surface area contributed by atoms with Gasteiger partial charge in [0.05, 0.1) is 12.8 Å². The number of aromatic nitrogens is 2. The first-order valence-corrected chi connectivity index (χ1v) is 7.08. The Bertz CT molecular complexity index is 460. The molecule has 1 aromatic rings. The Balaban J connectivity index is 3.23. The number of aryl methyl sites for hydroxylation is 1. The van der Waals surface area contributed by atoms with Crippen LogP contribution in [0.2, 0.25) is 0 Å². The molecule has 2 atom stereocenters. The molecule has 0 saturated carbocycles. The highest BCUT2D eigenvalue weighted by Gasteiger charge is 2.31. The predicted molar refractivity (Wildman–Crippen MR) is 79.6 cm³/mol. The number of ether oxygens (including phenoxy) is 1. The van der Waals surface area contributed by atoms with Crippen molar-refractivity contribution in [3.63, 3.8) is 0 Å². The smallest absolute Gasteiger partial charge is 0.327 e. The van der Waals surface area contributed by atoms with E-state index >= 15 is 0 Å². The minimum Gasteiger partial charge on any atom is -0.468 e. The van der Waals surface area contributed by atoms with Crippen LogP contribution in [0.15, 0.2) is 6.20 Å². The molecule has 114 valence electrons. The minimum absolute atomic E-state index is 0.125. The molecule has 0 fully saturated rings. The molecule has 5 heteroatoms. The average molecular weight is 281 g/mol. The molecule has 20 heavy (non-hydrogen) atoms. The van der Waals surface area contributed by atoms with Crippen molar-refractivity contribution in [2.24, 2.45) is 7.05 Å². The van der Waals surface area contributed by atoms with E-state index in [1.807, 2.05) is 13.2 Å². The van der Waals surface area contributed by atoms with E-state index in [0.717, 1.165) is 17.7 Å². The van der Waals surface area contributed by atoms with Gasteiger partial charge in [-0.05, 0) is 13.3 Å². The van der Waals surface area contributed by atoms with Crippen LogP contribution in [0.5, 0.6) is 0 Å². The molecular weight excluding hydrogens is 254 g/mol. The molecule has 0 aliphatic heterocycles. The zero-order valence-corrected chi connectivity index (χ0v) is 13.7. The Morgan fingerprint density at radius 3 is 2.55 bits per heavy atom. The minimum atomic E-state index is -0.474. The number of nitrogens with one attached hydrogen (secondary N) is 1. The lowest BCUT2D eigenvalue weighted by Crippen LogP contribution is -2.36. The van der Waals surface area contributed by atoms with Crippen molar-refractivity contribution < 1.29 is 9.53 Å². The van der Waals surface area contributed by atoms with E-state index in [0.29, 0.717) is 0 Å². The second-order valence-corrected chi connectivity index (χ2v) is 6.29. The Morgan fingerprint density at radius 1 is 1.50 bits per heavy atom. The Morgan fingerprint density at radius 2 is 2.10 bits per heavy atom. The van der Waals surface area contributed by atoms with Crippen molar-refractivity contribution in [2.75, 3.05) is 7.11 Å². The molecule has 0 aliphatic rings. The third-order valence-electron chi connectivity index (χ3n) is 3.38. The number of hydrogen-bond donors (Lipinski definition) is 1. The van der Waals surface area contributed by atoms with Gasteiger partial charge in [0.2, 0.25) is 0 Å². The van der Waals surface area contributed by atoms with Crippen LogP contribution in [0.3, 0.4) is 0 Å². The van der Waals surface area contributed by atoms with E-state index in [-0.39, 0.29) is 17.4 Å². The molecule has 1 N–H and O–H groups in total. The molecule has 1 heterocycles. The molecular formula is C15H27N3O2. The van der Waals surface area contributed by atoms with Gasteiger partial charge in [-0.2, -0.15) is 5.10 Å². The summed E-state index contributed by atoms with van der Waals surface area (Å²) in [5.41, 5.74) is 1.69. The fourth-order valence-corrected chi connectivity index (χ4v) is 2.11. The largest absolute Gasteiger partial charge is 0.468 e. The zero-order valence-electron chi connectivity index (χ0n) is 13.7. The van der Waals surface area contributed by atoms with Gasteiger partial charge in [0.15, 0.2) is 0 Å². The van der Waals surface area contributed by atoms with Gasteiger partial charge in [0.1, 0.15) is 6.04 Å². The van der Waals surface area contributed by atoms with Gasteiger partial charge < -0.3 is 4.74 Å². The second kappa shape index (κ2) is 6.39. The topological polar surface area (TPSA) is 56.1 Å². The first-order chi connectivity index (χ1) is 9.20. The molecule has 5 nitrogen and oxygen atoms in total. The fourth-order valence-electron chi connectivity index (χ4n) is 2.11. The summed E-state index contributed by atoms with van der Waals surface area (Å²) in [6, 6.07) is -0.245. The third kappa shape index (κ3) is 3.82. The summed E-state index contributed by atoms with van der Waals surface area (Å²) in [7, 11) is 3.29. The average Bonchev–Trinajstić information content (AvgIpc) is 2.76. The van der Waals surface area contributed by atoms with E-state index < -0.39 is 6.04 Å². The van der Waals surface area contributed by atoms with Gasteiger partial charge >= 0.3 is 5.97 Å². The zero-order chi connectivity index (χ0) is 15.5. The summed E-state index contributed by atoms with van der Waals surface area (Å²) in [5.74, 6) is -0.274. The fraction of sp³-hybridized carbons (Fsp3) is 0.733. The molecule has 0 radical (unpaired) electrons. The number of hydrogen-bond acceptors (Lipinski definition) is 4. The van der Waals surface area contributed by atoms with E-state index in [2.05, 4.69) is 45.0 Å². The van der Waals surface area contributed by atoms with Crippen molar-refractivity contribution >= 4 is 5.97 Å². The van der Waals surface area contributed by atoms with Gasteiger partial charge in [-0.3, -0.25) is 10.00 Å². The van der Waals surface area contributed by atoms with E-state index in [9.17, 15) is 4.79 Å². The normalized spacial score (nSPS) is 14.9. The van der Waals surface area contributed by atoms with Crippen LogP contribution >= 0.6 is 0 Å². The van der Waals surface area contributed by atoms with Crippen LogP contribution in [-0.4, -0.2) is 28.9 Å². The number of esters is 1. The van der Waals surface area contributed by atoms with E-state index in [4.69, 9.17) is 4.74 Å². The molecule has 0 spiro atoms. The van der Waals surface area contributed by atoms with Crippen LogP contribution in [0, 0.1) is 0 Å². The van der Waals surface area contributed by atoms with Crippen LogP contribution in [0.4, 0.5) is 0 Å². The van der Waals surface area contributed by atoms with Gasteiger partial charge in [0, 0.05) is 30.3 Å². The van der Waals surface area contributed by atoms with Crippen molar-refractivity contribution in [1.29, 1.82) is 0 Å². The highest BCUT2D eigenvalue weighted by Crippen LogP contribution is 2.29. The Kier molecular flexibility index (Phi) is 5.34. The monoisotopic (exact) mass is 281 g/mol. The summed E-state index contributed by atoms with van der Waals surface area (Å²) in [4.78, 5) is 12.1. The lowest BCUT2D eigenvalue weighted by atomic mass is 9.87. The Hall–Kier alpha value is -1.36. The first kappa shape index (κ1) is 16.7. The van der Waals surface area contributed by atoms with Crippen LogP contribution in [0.1, 0.15) is 58.3 Å². The number of nitrogens with zero attached hydrogens (tertiary/aromatic N) is 2. The van der Waals surface area contributed by atoms with Crippen LogP contribution in [0.25, 0.3) is 0 Å². The van der Waals surface area contributed by atoms with Crippen molar-refractivity contribution in [3.05, 3.63) is 17.5 Å². The molecule has 0 aliphatic carbocycles.